The third-order valence-corrected chi connectivity index (χ3v) is 3.18. The summed E-state index contributed by atoms with van der Waals surface area (Å²) in [5, 5.41) is 2.68. The number of rotatable bonds is 5. The second-order valence-electron chi connectivity index (χ2n) is 5.65. The Kier molecular flexibility index (Phi) is 5.63. The number of hydrogen-bond donors (Lipinski definition) is 2. The summed E-state index contributed by atoms with van der Waals surface area (Å²) in [6, 6.07) is 2.65. The number of alkyl halides is 3. The van der Waals surface area contributed by atoms with E-state index in [9.17, 15) is 18.0 Å². The first-order valence-electron chi connectivity index (χ1n) is 6.89. The van der Waals surface area contributed by atoms with Gasteiger partial charge < -0.3 is 11.1 Å². The number of hydrogen-bond acceptors (Lipinski definition) is 2. The number of carbonyl (C=O) groups excluding carboxylic acids is 1. The fourth-order valence-corrected chi connectivity index (χ4v) is 1.89. The predicted octanol–water partition coefficient (Wildman–Crippen LogP) is 3.84. The zero-order valence-electron chi connectivity index (χ0n) is 12.4. The van der Waals surface area contributed by atoms with Crippen molar-refractivity contribution < 1.29 is 18.0 Å². The molecular formula is C15H21F3N2O. The van der Waals surface area contributed by atoms with Crippen LogP contribution in [0.3, 0.4) is 0 Å². The summed E-state index contributed by atoms with van der Waals surface area (Å²) >= 11 is 0. The molecule has 0 aromatic heterocycles. The highest BCUT2D eigenvalue weighted by Crippen LogP contribution is 2.31. The summed E-state index contributed by atoms with van der Waals surface area (Å²) in [5.41, 5.74) is 4.63. The number of halogens is 3. The summed E-state index contributed by atoms with van der Waals surface area (Å²) in [6.07, 6.45) is -2.80. The van der Waals surface area contributed by atoms with Crippen LogP contribution >= 0.6 is 0 Å². The van der Waals surface area contributed by atoms with E-state index in [1.807, 2.05) is 6.92 Å². The highest BCUT2D eigenvalue weighted by molar-refractivity contribution is 5.99. The summed E-state index contributed by atoms with van der Waals surface area (Å²) < 4.78 is 38.0. The molecule has 118 valence electrons. The van der Waals surface area contributed by atoms with Gasteiger partial charge in [-0.05, 0) is 43.9 Å². The van der Waals surface area contributed by atoms with Crippen LogP contribution < -0.4 is 11.1 Å². The molecule has 0 heterocycles. The second kappa shape index (κ2) is 6.83. The molecule has 0 bridgehead atoms. The minimum atomic E-state index is -4.49. The standard InChI is InChI=1S/C15H21F3N2O/c1-9(2)4-5-10(3)20-14(21)12-8-11(15(16,17)18)6-7-13(12)19/h6-10H,4-5,19H2,1-3H3,(H,20,21). The number of nitrogens with two attached hydrogens (primary N) is 1. The van der Waals surface area contributed by atoms with Crippen LogP contribution in [0.25, 0.3) is 0 Å². The van der Waals surface area contributed by atoms with Gasteiger partial charge in [0.2, 0.25) is 0 Å². The smallest absolute Gasteiger partial charge is 0.398 e. The van der Waals surface area contributed by atoms with Gasteiger partial charge in [-0.25, -0.2) is 0 Å². The fourth-order valence-electron chi connectivity index (χ4n) is 1.89. The quantitative estimate of drug-likeness (QED) is 0.812. The monoisotopic (exact) mass is 302 g/mol. The van der Waals surface area contributed by atoms with E-state index in [2.05, 4.69) is 19.2 Å². The number of carbonyl (C=O) groups is 1. The van der Waals surface area contributed by atoms with E-state index in [-0.39, 0.29) is 17.3 Å². The molecule has 0 saturated carbocycles. The Morgan fingerprint density at radius 1 is 1.24 bits per heavy atom. The minimum Gasteiger partial charge on any atom is -0.398 e. The maximum Gasteiger partial charge on any atom is 0.416 e. The Morgan fingerprint density at radius 3 is 2.38 bits per heavy atom. The third-order valence-electron chi connectivity index (χ3n) is 3.18. The fraction of sp³-hybridized carbons (Fsp3) is 0.533. The Bertz CT molecular complexity index is 498. The summed E-state index contributed by atoms with van der Waals surface area (Å²) in [5.74, 6) is -0.0714. The van der Waals surface area contributed by atoms with E-state index in [4.69, 9.17) is 5.73 Å². The SMILES string of the molecule is CC(C)CCC(C)NC(=O)c1cc(C(F)(F)F)ccc1N. The molecule has 0 fully saturated rings. The highest BCUT2D eigenvalue weighted by Gasteiger charge is 2.31. The molecule has 1 amide bonds. The molecule has 0 aliphatic carbocycles. The second-order valence-corrected chi connectivity index (χ2v) is 5.65. The van der Waals surface area contributed by atoms with Gasteiger partial charge in [0.25, 0.3) is 5.91 Å². The van der Waals surface area contributed by atoms with E-state index in [0.29, 0.717) is 5.92 Å². The van der Waals surface area contributed by atoms with Gasteiger partial charge in [-0.2, -0.15) is 13.2 Å². The molecule has 0 spiro atoms. The molecule has 0 aliphatic rings. The van der Waals surface area contributed by atoms with Gasteiger partial charge >= 0.3 is 6.18 Å². The van der Waals surface area contributed by atoms with E-state index >= 15 is 0 Å². The maximum atomic E-state index is 12.7. The van der Waals surface area contributed by atoms with Crippen LogP contribution in [0.2, 0.25) is 0 Å². The van der Waals surface area contributed by atoms with Crippen molar-refractivity contribution in [1.29, 1.82) is 0 Å². The molecule has 1 rings (SSSR count). The molecule has 3 N–H and O–H groups in total. The van der Waals surface area contributed by atoms with Crippen LogP contribution in [0.4, 0.5) is 18.9 Å². The van der Waals surface area contributed by atoms with Gasteiger partial charge in [0.05, 0.1) is 11.1 Å². The van der Waals surface area contributed by atoms with E-state index in [1.54, 1.807) is 0 Å². The van der Waals surface area contributed by atoms with Gasteiger partial charge in [0, 0.05) is 11.7 Å². The van der Waals surface area contributed by atoms with Gasteiger partial charge in [0.1, 0.15) is 0 Å². The van der Waals surface area contributed by atoms with Crippen molar-refractivity contribution in [2.75, 3.05) is 5.73 Å². The Labute approximate surface area is 122 Å². The van der Waals surface area contributed by atoms with E-state index in [0.717, 1.165) is 31.0 Å². The average Bonchev–Trinajstić information content (AvgIpc) is 2.35. The Morgan fingerprint density at radius 2 is 1.86 bits per heavy atom. The van der Waals surface area contributed by atoms with Gasteiger partial charge in [-0.15, -0.1) is 0 Å². The molecule has 1 aromatic rings. The Hall–Kier alpha value is -1.72. The van der Waals surface area contributed by atoms with Crippen molar-refractivity contribution in [2.45, 2.75) is 45.8 Å². The average molecular weight is 302 g/mol. The summed E-state index contributed by atoms with van der Waals surface area (Å²) in [7, 11) is 0. The van der Waals surface area contributed by atoms with E-state index in [1.165, 1.54) is 0 Å². The first-order valence-corrected chi connectivity index (χ1v) is 6.89. The van der Waals surface area contributed by atoms with Crippen LogP contribution in [0.15, 0.2) is 18.2 Å². The summed E-state index contributed by atoms with van der Waals surface area (Å²) in [4.78, 5) is 12.0. The molecule has 1 unspecified atom stereocenters. The van der Waals surface area contributed by atoms with Crippen LogP contribution in [-0.2, 0) is 6.18 Å². The normalized spacial score (nSPS) is 13.3. The highest BCUT2D eigenvalue weighted by atomic mass is 19.4. The largest absolute Gasteiger partial charge is 0.416 e. The third kappa shape index (κ3) is 5.28. The zero-order chi connectivity index (χ0) is 16.2. The minimum absolute atomic E-state index is 0.0385. The van der Waals surface area contributed by atoms with Crippen LogP contribution in [0.5, 0.6) is 0 Å². The van der Waals surface area contributed by atoms with Crippen LogP contribution in [0, 0.1) is 5.92 Å². The lowest BCUT2D eigenvalue weighted by atomic mass is 10.0. The molecule has 0 saturated heterocycles. The van der Waals surface area contributed by atoms with Crippen molar-refractivity contribution in [2.24, 2.45) is 5.92 Å². The van der Waals surface area contributed by atoms with Crippen molar-refractivity contribution in [3.8, 4) is 0 Å². The molecule has 3 nitrogen and oxygen atoms in total. The van der Waals surface area contributed by atoms with Gasteiger partial charge in [0.15, 0.2) is 0 Å². The molecule has 0 aliphatic heterocycles. The number of anilines is 1. The number of benzene rings is 1. The number of amides is 1. The number of nitrogens with one attached hydrogen (secondary N) is 1. The van der Waals surface area contributed by atoms with Crippen molar-refractivity contribution in [3.63, 3.8) is 0 Å². The van der Waals surface area contributed by atoms with E-state index < -0.39 is 17.6 Å². The first-order chi connectivity index (χ1) is 9.61. The first kappa shape index (κ1) is 17.3. The van der Waals surface area contributed by atoms with Crippen molar-refractivity contribution in [1.82, 2.24) is 5.32 Å². The van der Waals surface area contributed by atoms with Gasteiger partial charge in [-0.1, -0.05) is 13.8 Å². The maximum absolute atomic E-state index is 12.7. The Balaban J connectivity index is 2.82. The molecule has 6 heteroatoms. The summed E-state index contributed by atoms with van der Waals surface area (Å²) in [6.45, 7) is 5.96. The van der Waals surface area contributed by atoms with Crippen molar-refractivity contribution >= 4 is 11.6 Å². The topological polar surface area (TPSA) is 55.1 Å². The van der Waals surface area contributed by atoms with Crippen LogP contribution in [-0.4, -0.2) is 11.9 Å². The molecular weight excluding hydrogens is 281 g/mol. The number of nitrogen functional groups attached to an aromatic ring is 1. The molecule has 21 heavy (non-hydrogen) atoms. The lowest BCUT2D eigenvalue weighted by Crippen LogP contribution is -2.33. The molecule has 1 aromatic carbocycles. The van der Waals surface area contributed by atoms with Gasteiger partial charge in [-0.3, -0.25) is 4.79 Å². The lowest BCUT2D eigenvalue weighted by molar-refractivity contribution is -0.137. The molecule has 1 atom stereocenters. The molecule has 0 radical (unpaired) electrons. The van der Waals surface area contributed by atoms with Crippen molar-refractivity contribution in [3.05, 3.63) is 29.3 Å². The zero-order valence-corrected chi connectivity index (χ0v) is 12.4. The van der Waals surface area contributed by atoms with Crippen LogP contribution in [0.1, 0.15) is 49.5 Å². The lowest BCUT2D eigenvalue weighted by Gasteiger charge is -2.16. The predicted molar refractivity (Wildman–Crippen MR) is 76.9 cm³/mol.